The molecule has 0 aliphatic heterocycles. The highest BCUT2D eigenvalue weighted by Crippen LogP contribution is 2.25. The van der Waals surface area contributed by atoms with Gasteiger partial charge in [-0.25, -0.2) is 4.98 Å². The zero-order valence-electron chi connectivity index (χ0n) is 12.0. The number of phenols is 1. The highest BCUT2D eigenvalue weighted by molar-refractivity contribution is 6.30. The number of halogens is 1. The lowest BCUT2D eigenvalue weighted by atomic mass is 10.2. The summed E-state index contributed by atoms with van der Waals surface area (Å²) in [7, 11) is 3.62. The van der Waals surface area contributed by atoms with Crippen LogP contribution >= 0.6 is 11.6 Å². The Morgan fingerprint density at radius 3 is 2.67 bits per heavy atom. The first-order chi connectivity index (χ1) is 9.86. The first-order valence-corrected chi connectivity index (χ1v) is 6.70. The van der Waals surface area contributed by atoms with E-state index >= 15 is 0 Å². The molecule has 0 spiro atoms. The van der Waals surface area contributed by atoms with Crippen molar-refractivity contribution in [1.82, 2.24) is 4.98 Å². The zero-order valence-corrected chi connectivity index (χ0v) is 12.8. The van der Waals surface area contributed by atoms with Crippen LogP contribution in [0.3, 0.4) is 0 Å². The SMILES string of the molecule is Cc1ccc(O)c(NC(=O)c2cc(Cl)nc(N(C)C)c2)c1. The van der Waals surface area contributed by atoms with Crippen LogP contribution in [0.1, 0.15) is 15.9 Å². The number of aromatic hydroxyl groups is 1. The molecule has 0 unspecified atom stereocenters. The number of anilines is 2. The van der Waals surface area contributed by atoms with Crippen molar-refractivity contribution in [2.45, 2.75) is 6.92 Å². The van der Waals surface area contributed by atoms with Crippen molar-refractivity contribution in [1.29, 1.82) is 0 Å². The number of hydrogen-bond acceptors (Lipinski definition) is 4. The Morgan fingerprint density at radius 2 is 2.00 bits per heavy atom. The highest BCUT2D eigenvalue weighted by atomic mass is 35.5. The Balaban J connectivity index is 2.30. The monoisotopic (exact) mass is 305 g/mol. The topological polar surface area (TPSA) is 65.5 Å². The number of amides is 1. The summed E-state index contributed by atoms with van der Waals surface area (Å²) >= 11 is 5.93. The van der Waals surface area contributed by atoms with Crippen molar-refractivity contribution in [2.75, 3.05) is 24.3 Å². The van der Waals surface area contributed by atoms with E-state index in [1.807, 2.05) is 21.0 Å². The number of rotatable bonds is 3. The summed E-state index contributed by atoms with van der Waals surface area (Å²) in [5, 5.41) is 12.7. The van der Waals surface area contributed by atoms with Crippen molar-refractivity contribution in [3.05, 3.63) is 46.6 Å². The van der Waals surface area contributed by atoms with Gasteiger partial charge >= 0.3 is 0 Å². The van der Waals surface area contributed by atoms with Gasteiger partial charge in [-0.05, 0) is 36.8 Å². The average Bonchev–Trinajstić information content (AvgIpc) is 2.42. The molecule has 1 heterocycles. The predicted octanol–water partition coefficient (Wildman–Crippen LogP) is 3.07. The fourth-order valence-corrected chi connectivity index (χ4v) is 1.99. The van der Waals surface area contributed by atoms with Gasteiger partial charge < -0.3 is 15.3 Å². The van der Waals surface area contributed by atoms with E-state index < -0.39 is 0 Å². The number of nitrogens with zero attached hydrogens (tertiary/aromatic N) is 2. The molecule has 0 bridgehead atoms. The van der Waals surface area contributed by atoms with Crippen LogP contribution in [0.5, 0.6) is 5.75 Å². The van der Waals surface area contributed by atoms with Crippen molar-refractivity contribution < 1.29 is 9.90 Å². The zero-order chi connectivity index (χ0) is 15.6. The molecule has 0 aliphatic carbocycles. The van der Waals surface area contributed by atoms with E-state index in [0.717, 1.165) is 5.56 Å². The number of phenolic OH excluding ortho intramolecular Hbond substituents is 1. The van der Waals surface area contributed by atoms with Gasteiger partial charge in [0, 0.05) is 19.7 Å². The number of pyridine rings is 1. The van der Waals surface area contributed by atoms with Gasteiger partial charge in [0.05, 0.1) is 5.69 Å². The van der Waals surface area contributed by atoms with Crippen molar-refractivity contribution in [3.8, 4) is 5.75 Å². The smallest absolute Gasteiger partial charge is 0.256 e. The first kappa shape index (κ1) is 15.1. The minimum absolute atomic E-state index is 0.0157. The fourth-order valence-electron chi connectivity index (χ4n) is 1.79. The molecule has 110 valence electrons. The summed E-state index contributed by atoms with van der Waals surface area (Å²) in [5.41, 5.74) is 1.67. The van der Waals surface area contributed by atoms with E-state index in [-0.39, 0.29) is 16.8 Å². The van der Waals surface area contributed by atoms with Gasteiger partial charge in [0.15, 0.2) is 0 Å². The van der Waals surface area contributed by atoms with Crippen molar-refractivity contribution in [2.24, 2.45) is 0 Å². The number of hydrogen-bond donors (Lipinski definition) is 2. The van der Waals surface area contributed by atoms with Crippen molar-refractivity contribution in [3.63, 3.8) is 0 Å². The van der Waals surface area contributed by atoms with E-state index in [9.17, 15) is 9.90 Å². The quantitative estimate of drug-likeness (QED) is 0.675. The molecule has 1 aromatic heterocycles. The number of carbonyl (C=O) groups excluding carboxylic acids is 1. The molecular weight excluding hydrogens is 290 g/mol. The Bertz CT molecular complexity index is 687. The summed E-state index contributed by atoms with van der Waals surface area (Å²) in [6.07, 6.45) is 0. The second kappa shape index (κ2) is 6.01. The van der Waals surface area contributed by atoms with E-state index in [1.54, 1.807) is 23.1 Å². The van der Waals surface area contributed by atoms with Gasteiger partial charge in [-0.3, -0.25) is 4.79 Å². The van der Waals surface area contributed by atoms with Gasteiger partial charge in [0.2, 0.25) is 0 Å². The number of nitrogens with one attached hydrogen (secondary N) is 1. The Hall–Kier alpha value is -2.27. The molecule has 0 aliphatic rings. The molecule has 2 aromatic rings. The number of benzene rings is 1. The summed E-state index contributed by atoms with van der Waals surface area (Å²) in [4.78, 5) is 18.2. The molecule has 0 radical (unpaired) electrons. The summed E-state index contributed by atoms with van der Waals surface area (Å²) < 4.78 is 0. The van der Waals surface area contributed by atoms with Crippen LogP contribution in [0.25, 0.3) is 0 Å². The summed E-state index contributed by atoms with van der Waals surface area (Å²) in [6, 6.07) is 8.11. The van der Waals surface area contributed by atoms with Gasteiger partial charge in [0.25, 0.3) is 5.91 Å². The molecule has 0 atom stereocenters. The lowest BCUT2D eigenvalue weighted by Crippen LogP contribution is -2.15. The maximum absolute atomic E-state index is 12.3. The molecule has 1 aromatic carbocycles. The Kier molecular flexibility index (Phi) is 4.33. The maximum atomic E-state index is 12.3. The van der Waals surface area contributed by atoms with Gasteiger partial charge in [-0.2, -0.15) is 0 Å². The van der Waals surface area contributed by atoms with Crippen LogP contribution in [0, 0.1) is 6.92 Å². The molecule has 5 nitrogen and oxygen atoms in total. The largest absolute Gasteiger partial charge is 0.506 e. The summed E-state index contributed by atoms with van der Waals surface area (Å²) in [6.45, 7) is 1.88. The molecular formula is C15H16ClN3O2. The molecule has 0 fully saturated rings. The fraction of sp³-hybridized carbons (Fsp3) is 0.200. The predicted molar refractivity (Wildman–Crippen MR) is 84.4 cm³/mol. The lowest BCUT2D eigenvalue weighted by Gasteiger charge is -2.13. The minimum atomic E-state index is -0.358. The molecule has 21 heavy (non-hydrogen) atoms. The van der Waals surface area contributed by atoms with Crippen LogP contribution in [0.4, 0.5) is 11.5 Å². The van der Waals surface area contributed by atoms with E-state index in [0.29, 0.717) is 17.1 Å². The molecule has 1 amide bonds. The van der Waals surface area contributed by atoms with E-state index in [1.165, 1.54) is 12.1 Å². The molecule has 0 saturated carbocycles. The maximum Gasteiger partial charge on any atom is 0.256 e. The third-order valence-corrected chi connectivity index (χ3v) is 3.09. The molecule has 2 N–H and O–H groups in total. The number of carbonyl (C=O) groups is 1. The van der Waals surface area contributed by atoms with Crippen LogP contribution in [-0.2, 0) is 0 Å². The lowest BCUT2D eigenvalue weighted by molar-refractivity contribution is 0.102. The van der Waals surface area contributed by atoms with Crippen molar-refractivity contribution >= 4 is 29.0 Å². The van der Waals surface area contributed by atoms with Crippen LogP contribution in [-0.4, -0.2) is 30.1 Å². The van der Waals surface area contributed by atoms with Crippen LogP contribution in [0.2, 0.25) is 5.15 Å². The van der Waals surface area contributed by atoms with E-state index in [4.69, 9.17) is 11.6 Å². The van der Waals surface area contributed by atoms with Gasteiger partial charge in [-0.15, -0.1) is 0 Å². The number of aryl methyl sites for hydroxylation is 1. The van der Waals surface area contributed by atoms with Crippen LogP contribution < -0.4 is 10.2 Å². The normalized spacial score (nSPS) is 10.3. The average molecular weight is 306 g/mol. The standard InChI is InChI=1S/C15H16ClN3O2/c1-9-4-5-12(20)11(6-9)17-15(21)10-7-13(16)18-14(8-10)19(2)3/h4-8,20H,1-3H3,(H,17,21). The second-order valence-corrected chi connectivity index (χ2v) is 5.29. The molecule has 2 rings (SSSR count). The first-order valence-electron chi connectivity index (χ1n) is 6.32. The molecule has 6 heteroatoms. The third-order valence-electron chi connectivity index (χ3n) is 2.90. The van der Waals surface area contributed by atoms with E-state index in [2.05, 4.69) is 10.3 Å². The second-order valence-electron chi connectivity index (χ2n) is 4.91. The molecule has 0 saturated heterocycles. The Labute approximate surface area is 128 Å². The third kappa shape index (κ3) is 3.64. The summed E-state index contributed by atoms with van der Waals surface area (Å²) in [5.74, 6) is 0.242. The van der Waals surface area contributed by atoms with Gasteiger partial charge in [0.1, 0.15) is 16.7 Å². The highest BCUT2D eigenvalue weighted by Gasteiger charge is 2.12. The van der Waals surface area contributed by atoms with Gasteiger partial charge in [-0.1, -0.05) is 17.7 Å². The Morgan fingerprint density at radius 1 is 1.29 bits per heavy atom. The van der Waals surface area contributed by atoms with Crippen LogP contribution in [0.15, 0.2) is 30.3 Å². The number of aromatic nitrogens is 1. The minimum Gasteiger partial charge on any atom is -0.506 e.